The lowest BCUT2D eigenvalue weighted by Crippen LogP contribution is -1.97. The Morgan fingerprint density at radius 3 is 2.75 bits per heavy atom. The Hall–Kier alpha value is -1.98. The van der Waals surface area contributed by atoms with Crippen LogP contribution in [-0.2, 0) is 0 Å². The lowest BCUT2D eigenvalue weighted by Gasteiger charge is -2.09. The average molecular weight is 309 g/mol. The van der Waals surface area contributed by atoms with Crippen LogP contribution < -0.4 is 10.5 Å². The zero-order valence-electron chi connectivity index (χ0n) is 10.5. The van der Waals surface area contributed by atoms with Crippen LogP contribution in [0.4, 0.5) is 5.95 Å². The third-order valence-electron chi connectivity index (χ3n) is 2.91. The number of anilines is 1. The highest BCUT2D eigenvalue weighted by molar-refractivity contribution is 6.43. The van der Waals surface area contributed by atoms with Gasteiger partial charge in [-0.25, -0.2) is 4.52 Å². The van der Waals surface area contributed by atoms with Gasteiger partial charge in [-0.2, -0.15) is 4.98 Å². The molecule has 1 aromatic carbocycles. The number of nitrogens with zero attached hydrogens (tertiary/aromatic N) is 3. The van der Waals surface area contributed by atoms with Gasteiger partial charge in [0.2, 0.25) is 5.95 Å². The second kappa shape index (κ2) is 4.85. The number of halogens is 2. The number of pyridine rings is 1. The van der Waals surface area contributed by atoms with Crippen molar-refractivity contribution in [1.29, 1.82) is 0 Å². The van der Waals surface area contributed by atoms with Gasteiger partial charge in [-0.3, -0.25) is 0 Å². The van der Waals surface area contributed by atoms with Gasteiger partial charge in [-0.05, 0) is 18.2 Å². The Kier molecular flexibility index (Phi) is 3.16. The van der Waals surface area contributed by atoms with Gasteiger partial charge in [0, 0.05) is 5.56 Å². The first-order valence-corrected chi connectivity index (χ1v) is 6.51. The molecule has 20 heavy (non-hydrogen) atoms. The molecule has 0 saturated heterocycles. The van der Waals surface area contributed by atoms with E-state index in [-0.39, 0.29) is 5.95 Å². The van der Waals surface area contributed by atoms with Gasteiger partial charge in [0.1, 0.15) is 0 Å². The summed E-state index contributed by atoms with van der Waals surface area (Å²) in [5.74, 6) is 0.741. The van der Waals surface area contributed by atoms with E-state index in [4.69, 9.17) is 33.7 Å². The molecule has 0 atom stereocenters. The Bertz CT molecular complexity index is 800. The molecule has 0 amide bonds. The summed E-state index contributed by atoms with van der Waals surface area (Å²) in [6.45, 7) is 0. The number of fused-ring (bicyclic) bond motifs is 1. The normalized spacial score (nSPS) is 10.9. The summed E-state index contributed by atoms with van der Waals surface area (Å²) in [5.41, 5.74) is 7.68. The van der Waals surface area contributed by atoms with Crippen molar-refractivity contribution in [2.45, 2.75) is 0 Å². The number of benzene rings is 1. The third-order valence-corrected chi connectivity index (χ3v) is 3.73. The number of hydrogen-bond acceptors (Lipinski definition) is 4. The summed E-state index contributed by atoms with van der Waals surface area (Å²) in [7, 11) is 1.56. The maximum atomic E-state index is 6.25. The first-order chi connectivity index (χ1) is 9.61. The maximum absolute atomic E-state index is 6.25. The molecule has 3 aromatic rings. The average Bonchev–Trinajstić information content (AvgIpc) is 2.82. The van der Waals surface area contributed by atoms with E-state index in [1.165, 1.54) is 0 Å². The lowest BCUT2D eigenvalue weighted by atomic mass is 10.1. The van der Waals surface area contributed by atoms with Crippen molar-refractivity contribution in [3.05, 3.63) is 40.4 Å². The Morgan fingerprint density at radius 1 is 1.20 bits per heavy atom. The summed E-state index contributed by atoms with van der Waals surface area (Å²) in [5, 5.41) is 5.10. The molecule has 5 nitrogen and oxygen atoms in total. The van der Waals surface area contributed by atoms with Crippen molar-refractivity contribution in [3.8, 4) is 17.0 Å². The minimum absolute atomic E-state index is 0.161. The van der Waals surface area contributed by atoms with Crippen molar-refractivity contribution < 1.29 is 4.74 Å². The third kappa shape index (κ3) is 1.95. The number of rotatable bonds is 2. The number of nitrogen functional groups attached to an aromatic ring is 1. The Labute approximate surface area is 124 Å². The fourth-order valence-corrected chi connectivity index (χ4v) is 2.42. The highest BCUT2D eigenvalue weighted by Gasteiger charge is 2.15. The molecule has 0 aliphatic heterocycles. The van der Waals surface area contributed by atoms with Crippen molar-refractivity contribution in [2.75, 3.05) is 12.8 Å². The molecule has 2 heterocycles. The van der Waals surface area contributed by atoms with E-state index in [2.05, 4.69) is 10.1 Å². The summed E-state index contributed by atoms with van der Waals surface area (Å²) in [6, 6.07) is 9.02. The SMILES string of the molecule is COc1ccc(-c2cccc(Cl)c2Cl)n2nc(N)nc12. The number of nitrogens with two attached hydrogens (primary N) is 1. The Morgan fingerprint density at radius 2 is 2.00 bits per heavy atom. The number of hydrogen-bond donors (Lipinski definition) is 1. The predicted molar refractivity (Wildman–Crippen MR) is 79.4 cm³/mol. The van der Waals surface area contributed by atoms with Crippen LogP contribution in [0.2, 0.25) is 10.0 Å². The molecule has 0 aliphatic carbocycles. The van der Waals surface area contributed by atoms with Crippen LogP contribution in [0.1, 0.15) is 0 Å². The van der Waals surface area contributed by atoms with Gasteiger partial charge in [-0.15, -0.1) is 5.10 Å². The molecule has 102 valence electrons. The smallest absolute Gasteiger partial charge is 0.240 e. The summed E-state index contributed by atoms with van der Waals surface area (Å²) in [4.78, 5) is 4.15. The quantitative estimate of drug-likeness (QED) is 0.789. The first-order valence-electron chi connectivity index (χ1n) is 5.75. The first kappa shape index (κ1) is 13.0. The zero-order chi connectivity index (χ0) is 14.3. The highest BCUT2D eigenvalue weighted by Crippen LogP contribution is 2.35. The molecule has 2 N–H and O–H groups in total. The van der Waals surface area contributed by atoms with E-state index in [0.29, 0.717) is 21.4 Å². The van der Waals surface area contributed by atoms with E-state index in [9.17, 15) is 0 Å². The molecule has 0 bridgehead atoms. The second-order valence-electron chi connectivity index (χ2n) is 4.09. The molecule has 0 radical (unpaired) electrons. The molecular weight excluding hydrogens is 299 g/mol. The van der Waals surface area contributed by atoms with Crippen LogP contribution in [0.25, 0.3) is 16.9 Å². The van der Waals surface area contributed by atoms with Gasteiger partial charge in [-0.1, -0.05) is 35.3 Å². The van der Waals surface area contributed by atoms with Gasteiger partial charge >= 0.3 is 0 Å². The van der Waals surface area contributed by atoms with Crippen LogP contribution in [0.5, 0.6) is 5.75 Å². The summed E-state index contributed by atoms with van der Waals surface area (Å²) in [6.07, 6.45) is 0. The molecule has 0 fully saturated rings. The number of aromatic nitrogens is 3. The van der Waals surface area contributed by atoms with Crippen molar-refractivity contribution >= 4 is 34.8 Å². The maximum Gasteiger partial charge on any atom is 0.240 e. The standard InChI is InChI=1S/C13H10Cl2N4O/c1-20-10-6-5-9(19-12(10)17-13(16)18-19)7-3-2-4-8(14)11(7)15/h2-6H,1H3,(H2,16,18). The topological polar surface area (TPSA) is 65.4 Å². The van der Waals surface area contributed by atoms with Crippen LogP contribution in [0, 0.1) is 0 Å². The van der Waals surface area contributed by atoms with Crippen molar-refractivity contribution in [1.82, 2.24) is 14.6 Å². The minimum Gasteiger partial charge on any atom is -0.493 e. The van der Waals surface area contributed by atoms with Crippen LogP contribution in [0.15, 0.2) is 30.3 Å². The number of methoxy groups -OCH3 is 1. The molecule has 0 unspecified atom stereocenters. The van der Waals surface area contributed by atoms with Crippen molar-refractivity contribution in [2.24, 2.45) is 0 Å². The summed E-state index contributed by atoms with van der Waals surface area (Å²) >= 11 is 12.3. The van der Waals surface area contributed by atoms with Gasteiger partial charge < -0.3 is 10.5 Å². The van der Waals surface area contributed by atoms with E-state index < -0.39 is 0 Å². The second-order valence-corrected chi connectivity index (χ2v) is 4.88. The monoisotopic (exact) mass is 308 g/mol. The largest absolute Gasteiger partial charge is 0.493 e. The molecule has 7 heteroatoms. The van der Waals surface area contributed by atoms with E-state index >= 15 is 0 Å². The van der Waals surface area contributed by atoms with Crippen LogP contribution >= 0.6 is 23.2 Å². The lowest BCUT2D eigenvalue weighted by molar-refractivity contribution is 0.416. The highest BCUT2D eigenvalue weighted by atomic mass is 35.5. The number of ether oxygens (including phenoxy) is 1. The Balaban J connectivity index is 2.35. The molecule has 3 rings (SSSR count). The molecule has 0 spiro atoms. The van der Waals surface area contributed by atoms with Crippen molar-refractivity contribution in [3.63, 3.8) is 0 Å². The molecule has 0 saturated carbocycles. The zero-order valence-corrected chi connectivity index (χ0v) is 12.0. The van der Waals surface area contributed by atoms with Crippen LogP contribution in [-0.4, -0.2) is 21.7 Å². The van der Waals surface area contributed by atoms with Gasteiger partial charge in [0.25, 0.3) is 0 Å². The van der Waals surface area contributed by atoms with E-state index in [0.717, 1.165) is 11.3 Å². The van der Waals surface area contributed by atoms with E-state index in [1.54, 1.807) is 23.8 Å². The van der Waals surface area contributed by atoms with Crippen LogP contribution in [0.3, 0.4) is 0 Å². The fraction of sp³-hybridized carbons (Fsp3) is 0.0769. The fourth-order valence-electron chi connectivity index (χ4n) is 2.02. The minimum atomic E-state index is 0.161. The van der Waals surface area contributed by atoms with Gasteiger partial charge in [0.15, 0.2) is 11.4 Å². The molecule has 2 aromatic heterocycles. The van der Waals surface area contributed by atoms with Gasteiger partial charge in [0.05, 0.1) is 22.8 Å². The predicted octanol–water partition coefficient (Wildman–Crippen LogP) is 3.29. The molecule has 0 aliphatic rings. The summed E-state index contributed by atoms with van der Waals surface area (Å²) < 4.78 is 6.84. The molecular formula is C13H10Cl2N4O. The van der Waals surface area contributed by atoms with E-state index in [1.807, 2.05) is 18.2 Å².